The molecule has 1 saturated heterocycles. The van der Waals surface area contributed by atoms with Crippen LogP contribution in [0.3, 0.4) is 0 Å². The van der Waals surface area contributed by atoms with E-state index in [0.717, 1.165) is 49.6 Å². The van der Waals surface area contributed by atoms with Crippen LogP contribution in [0.25, 0.3) is 0 Å². The molecule has 4 nitrogen and oxygen atoms in total. The van der Waals surface area contributed by atoms with Gasteiger partial charge in [-0.3, -0.25) is 9.69 Å². The lowest BCUT2D eigenvalue weighted by atomic mass is 10.0. The number of allylic oxidation sites excluding steroid dienone is 2. The Balaban J connectivity index is 2.43. The van der Waals surface area contributed by atoms with Crippen molar-refractivity contribution in [2.75, 3.05) is 39.4 Å². The van der Waals surface area contributed by atoms with Crippen LogP contribution < -0.4 is 5.32 Å². The molecule has 1 aliphatic heterocycles. The van der Waals surface area contributed by atoms with E-state index in [2.05, 4.69) is 10.2 Å². The summed E-state index contributed by atoms with van der Waals surface area (Å²) in [6.45, 7) is 13.0. The number of rotatable bonds is 5. The molecule has 0 aromatic heterocycles. The van der Waals surface area contributed by atoms with E-state index in [1.54, 1.807) is 0 Å². The number of hydrogen-bond donors (Lipinski definition) is 1. The summed E-state index contributed by atoms with van der Waals surface area (Å²) >= 11 is 0. The zero-order valence-corrected chi connectivity index (χ0v) is 12.6. The van der Waals surface area contributed by atoms with Crippen molar-refractivity contribution >= 4 is 5.91 Å². The Morgan fingerprint density at radius 3 is 2.42 bits per heavy atom. The number of carbonyl (C=O) groups is 1. The molecule has 108 valence electrons. The Bertz CT molecular complexity index is 362. The van der Waals surface area contributed by atoms with Gasteiger partial charge in [0.05, 0.1) is 13.2 Å². The highest BCUT2D eigenvalue weighted by Crippen LogP contribution is 2.14. The van der Waals surface area contributed by atoms with Gasteiger partial charge in [-0.25, -0.2) is 0 Å². The molecule has 0 aromatic rings. The summed E-state index contributed by atoms with van der Waals surface area (Å²) in [5.74, 6) is 0.0314. The van der Waals surface area contributed by atoms with E-state index < -0.39 is 0 Å². The minimum Gasteiger partial charge on any atom is -0.379 e. The monoisotopic (exact) mass is 266 g/mol. The van der Waals surface area contributed by atoms with Crippen LogP contribution in [-0.4, -0.2) is 50.2 Å². The molecular formula is C15H26N2O2. The molecule has 1 rings (SSSR count). The molecule has 19 heavy (non-hydrogen) atoms. The number of amides is 1. The summed E-state index contributed by atoms with van der Waals surface area (Å²) in [7, 11) is 0. The average molecular weight is 266 g/mol. The van der Waals surface area contributed by atoms with Gasteiger partial charge in [0.15, 0.2) is 0 Å². The van der Waals surface area contributed by atoms with Crippen molar-refractivity contribution < 1.29 is 9.53 Å². The number of nitrogens with zero attached hydrogens (tertiary/aromatic N) is 1. The highest BCUT2D eigenvalue weighted by Gasteiger charge is 2.14. The van der Waals surface area contributed by atoms with Gasteiger partial charge in [-0.2, -0.15) is 0 Å². The van der Waals surface area contributed by atoms with E-state index in [9.17, 15) is 4.79 Å². The van der Waals surface area contributed by atoms with E-state index in [-0.39, 0.29) is 5.91 Å². The second-order valence-electron chi connectivity index (χ2n) is 5.06. The molecule has 0 bridgehead atoms. The molecule has 1 fully saturated rings. The van der Waals surface area contributed by atoms with Gasteiger partial charge in [-0.15, -0.1) is 0 Å². The number of nitrogens with one attached hydrogen (secondary N) is 1. The minimum atomic E-state index is 0.0314. The molecule has 1 amide bonds. The van der Waals surface area contributed by atoms with Crippen LogP contribution in [-0.2, 0) is 9.53 Å². The van der Waals surface area contributed by atoms with Gasteiger partial charge in [0.1, 0.15) is 0 Å². The molecular weight excluding hydrogens is 240 g/mol. The number of ether oxygens (including phenoxy) is 1. The van der Waals surface area contributed by atoms with Crippen molar-refractivity contribution in [1.82, 2.24) is 10.2 Å². The van der Waals surface area contributed by atoms with Crippen molar-refractivity contribution in [2.45, 2.75) is 27.7 Å². The Morgan fingerprint density at radius 2 is 1.89 bits per heavy atom. The van der Waals surface area contributed by atoms with E-state index in [4.69, 9.17) is 4.74 Å². The van der Waals surface area contributed by atoms with Crippen molar-refractivity contribution in [3.05, 3.63) is 22.8 Å². The highest BCUT2D eigenvalue weighted by molar-refractivity contribution is 5.98. The number of morpholine rings is 1. The van der Waals surface area contributed by atoms with Crippen LogP contribution in [0.1, 0.15) is 27.7 Å². The molecule has 1 heterocycles. The van der Waals surface area contributed by atoms with Gasteiger partial charge in [0.25, 0.3) is 5.91 Å². The topological polar surface area (TPSA) is 41.6 Å². The first-order valence-corrected chi connectivity index (χ1v) is 6.95. The van der Waals surface area contributed by atoms with Crippen LogP contribution in [0.15, 0.2) is 22.8 Å². The second kappa shape index (κ2) is 8.12. The summed E-state index contributed by atoms with van der Waals surface area (Å²) in [5, 5.41) is 3.01. The fraction of sp³-hybridized carbons (Fsp3) is 0.667. The first-order valence-electron chi connectivity index (χ1n) is 6.95. The maximum Gasteiger partial charge on any atom is 0.251 e. The molecule has 0 unspecified atom stereocenters. The van der Waals surface area contributed by atoms with Crippen LogP contribution in [0.5, 0.6) is 0 Å². The third kappa shape index (κ3) is 5.17. The van der Waals surface area contributed by atoms with Crippen LogP contribution in [0.4, 0.5) is 0 Å². The van der Waals surface area contributed by atoms with E-state index in [1.807, 2.05) is 33.8 Å². The predicted octanol–water partition coefficient (Wildman–Crippen LogP) is 1.74. The lowest BCUT2D eigenvalue weighted by Gasteiger charge is -2.26. The largest absolute Gasteiger partial charge is 0.379 e. The summed E-state index contributed by atoms with van der Waals surface area (Å²) in [5.41, 5.74) is 2.90. The van der Waals surface area contributed by atoms with E-state index in [1.165, 1.54) is 0 Å². The third-order valence-corrected chi connectivity index (χ3v) is 3.37. The average Bonchev–Trinajstić information content (AvgIpc) is 2.39. The molecule has 0 aromatic carbocycles. The maximum absolute atomic E-state index is 12.2. The molecule has 0 saturated carbocycles. The normalized spacial score (nSPS) is 17.2. The van der Waals surface area contributed by atoms with Crippen molar-refractivity contribution in [3.8, 4) is 0 Å². The molecule has 0 spiro atoms. The van der Waals surface area contributed by atoms with E-state index >= 15 is 0 Å². The zero-order chi connectivity index (χ0) is 14.3. The molecule has 0 atom stereocenters. The summed E-state index contributed by atoms with van der Waals surface area (Å²) in [4.78, 5) is 14.5. The quantitative estimate of drug-likeness (QED) is 0.609. The van der Waals surface area contributed by atoms with Gasteiger partial charge in [-0.1, -0.05) is 11.6 Å². The Hall–Kier alpha value is -1.13. The van der Waals surface area contributed by atoms with E-state index in [0.29, 0.717) is 6.54 Å². The first-order chi connectivity index (χ1) is 9.06. The lowest BCUT2D eigenvalue weighted by Crippen LogP contribution is -2.41. The summed E-state index contributed by atoms with van der Waals surface area (Å²) in [6, 6.07) is 0. The van der Waals surface area contributed by atoms with Crippen molar-refractivity contribution in [2.24, 2.45) is 0 Å². The highest BCUT2D eigenvalue weighted by atomic mass is 16.5. The molecule has 1 N–H and O–H groups in total. The predicted molar refractivity (Wildman–Crippen MR) is 78.1 cm³/mol. The molecule has 4 heteroatoms. The number of carbonyl (C=O) groups excluding carboxylic acids is 1. The van der Waals surface area contributed by atoms with Crippen LogP contribution in [0, 0.1) is 0 Å². The summed E-state index contributed by atoms with van der Waals surface area (Å²) < 4.78 is 5.30. The zero-order valence-electron chi connectivity index (χ0n) is 12.6. The minimum absolute atomic E-state index is 0.0314. The summed E-state index contributed by atoms with van der Waals surface area (Å²) in [6.07, 6.45) is 1.98. The Morgan fingerprint density at radius 1 is 1.26 bits per heavy atom. The fourth-order valence-electron chi connectivity index (χ4n) is 2.19. The molecule has 1 aliphatic rings. The smallest absolute Gasteiger partial charge is 0.251 e. The Labute approximate surface area is 116 Å². The van der Waals surface area contributed by atoms with Gasteiger partial charge in [0.2, 0.25) is 0 Å². The number of hydrogen-bond acceptors (Lipinski definition) is 3. The molecule has 0 aliphatic carbocycles. The van der Waals surface area contributed by atoms with Gasteiger partial charge >= 0.3 is 0 Å². The molecule has 0 radical (unpaired) electrons. The lowest BCUT2D eigenvalue weighted by molar-refractivity contribution is -0.117. The van der Waals surface area contributed by atoms with Gasteiger partial charge in [0, 0.05) is 31.8 Å². The van der Waals surface area contributed by atoms with Gasteiger partial charge < -0.3 is 10.1 Å². The fourth-order valence-corrected chi connectivity index (χ4v) is 2.19. The Kier molecular flexibility index (Phi) is 6.81. The van der Waals surface area contributed by atoms with Gasteiger partial charge in [-0.05, 0) is 33.3 Å². The van der Waals surface area contributed by atoms with Crippen molar-refractivity contribution in [1.29, 1.82) is 0 Å². The van der Waals surface area contributed by atoms with Crippen molar-refractivity contribution in [3.63, 3.8) is 0 Å². The third-order valence-electron chi connectivity index (χ3n) is 3.37. The maximum atomic E-state index is 12.2. The SMILES string of the molecule is C/C=C(\C)C(C(=O)NCCN1CCOCC1)=C(C)C. The standard InChI is InChI=1S/C15H26N2O2/c1-5-13(4)14(12(2)3)15(18)16-6-7-17-8-10-19-11-9-17/h5H,6-11H2,1-4H3,(H,16,18)/b13-5+. The van der Waals surface area contributed by atoms with Crippen LogP contribution in [0.2, 0.25) is 0 Å². The second-order valence-corrected chi connectivity index (χ2v) is 5.06. The first kappa shape index (κ1) is 15.9. The van der Waals surface area contributed by atoms with Crippen LogP contribution >= 0.6 is 0 Å².